The van der Waals surface area contributed by atoms with Crippen LogP contribution in [0.15, 0.2) is 78.9 Å². The maximum atomic E-state index is 13.2. The lowest BCUT2D eigenvalue weighted by Crippen LogP contribution is -2.73. The quantitative estimate of drug-likeness (QED) is 0.410. The van der Waals surface area contributed by atoms with Crippen LogP contribution in [0.1, 0.15) is 16.2 Å². The third-order valence-electron chi connectivity index (χ3n) is 8.00. The zero-order chi connectivity index (χ0) is 25.1. The fourth-order valence-electron chi connectivity index (χ4n) is 5.97. The Morgan fingerprint density at radius 3 is 2.38 bits per heavy atom. The van der Waals surface area contributed by atoms with Crippen LogP contribution in [0.4, 0.5) is 0 Å². The van der Waals surface area contributed by atoms with Gasteiger partial charge in [0.25, 0.3) is 5.91 Å². The molecule has 184 valence electrons. The van der Waals surface area contributed by atoms with Gasteiger partial charge in [-0.15, -0.1) is 0 Å². The molecule has 5 aromatic rings. The van der Waals surface area contributed by atoms with E-state index >= 15 is 0 Å². The number of rotatable bonds is 4. The Morgan fingerprint density at radius 1 is 0.865 bits per heavy atom. The maximum absolute atomic E-state index is 13.2. The molecule has 4 heterocycles. The predicted molar refractivity (Wildman–Crippen MR) is 143 cm³/mol. The summed E-state index contributed by atoms with van der Waals surface area (Å²) in [5.74, 6) is 0.0958. The number of carbonyl (C=O) groups is 2. The SMILES string of the molecule is Cn1c(CC(=O)N2CC3(C2)CN(C(=O)c2n[nH]c4cc(-c5ccccc5)ccc24)C3)cc2ccccc21. The fraction of sp³-hybridized carbons (Fsp3) is 0.233. The second-order valence-corrected chi connectivity index (χ2v) is 10.5. The fourth-order valence-corrected chi connectivity index (χ4v) is 5.97. The van der Waals surface area contributed by atoms with Crippen LogP contribution in [-0.2, 0) is 18.3 Å². The molecule has 2 aromatic heterocycles. The summed E-state index contributed by atoms with van der Waals surface area (Å²) >= 11 is 0. The highest BCUT2D eigenvalue weighted by molar-refractivity contribution is 6.05. The van der Waals surface area contributed by atoms with E-state index < -0.39 is 0 Å². The molecule has 0 radical (unpaired) electrons. The lowest BCUT2D eigenvalue weighted by Gasteiger charge is -2.60. The largest absolute Gasteiger partial charge is 0.347 e. The Morgan fingerprint density at radius 2 is 1.59 bits per heavy atom. The summed E-state index contributed by atoms with van der Waals surface area (Å²) in [6, 6.07) is 26.5. The van der Waals surface area contributed by atoms with Crippen molar-refractivity contribution in [3.63, 3.8) is 0 Å². The first-order valence-corrected chi connectivity index (χ1v) is 12.6. The summed E-state index contributed by atoms with van der Waals surface area (Å²) < 4.78 is 2.10. The number of hydrogen-bond donors (Lipinski definition) is 1. The first kappa shape index (κ1) is 21.9. The highest BCUT2D eigenvalue weighted by Crippen LogP contribution is 2.41. The topological polar surface area (TPSA) is 74.2 Å². The van der Waals surface area contributed by atoms with Crippen molar-refractivity contribution in [2.24, 2.45) is 12.5 Å². The summed E-state index contributed by atoms with van der Waals surface area (Å²) in [7, 11) is 2.01. The molecule has 2 amide bonds. The van der Waals surface area contributed by atoms with Crippen molar-refractivity contribution in [3.8, 4) is 11.1 Å². The normalized spacial score (nSPS) is 16.2. The zero-order valence-electron chi connectivity index (χ0n) is 20.6. The van der Waals surface area contributed by atoms with E-state index in [0.29, 0.717) is 38.3 Å². The highest BCUT2D eigenvalue weighted by Gasteiger charge is 2.54. The molecule has 7 nitrogen and oxygen atoms in total. The Balaban J connectivity index is 0.987. The molecule has 1 N–H and O–H groups in total. The molecule has 2 fully saturated rings. The average Bonchev–Trinajstić information content (AvgIpc) is 3.43. The summed E-state index contributed by atoms with van der Waals surface area (Å²) in [4.78, 5) is 30.0. The molecule has 7 rings (SSSR count). The van der Waals surface area contributed by atoms with Crippen molar-refractivity contribution in [3.05, 3.63) is 90.3 Å². The predicted octanol–water partition coefficient (Wildman–Crippen LogP) is 4.25. The first-order valence-electron chi connectivity index (χ1n) is 12.6. The van der Waals surface area contributed by atoms with Crippen molar-refractivity contribution >= 4 is 33.6 Å². The number of H-pyrrole nitrogens is 1. The minimum atomic E-state index is -0.0513. The molecule has 37 heavy (non-hydrogen) atoms. The number of benzene rings is 3. The van der Waals surface area contributed by atoms with E-state index in [4.69, 9.17) is 0 Å². The Bertz CT molecular complexity index is 1670. The number of aryl methyl sites for hydroxylation is 1. The Hall–Kier alpha value is -4.39. The molecule has 3 aromatic carbocycles. The number of para-hydroxylation sites is 1. The smallest absolute Gasteiger partial charge is 0.275 e. The van der Waals surface area contributed by atoms with E-state index in [9.17, 15) is 9.59 Å². The van der Waals surface area contributed by atoms with Gasteiger partial charge in [0.15, 0.2) is 5.69 Å². The number of fused-ring (bicyclic) bond motifs is 2. The van der Waals surface area contributed by atoms with Gasteiger partial charge in [-0.1, -0.05) is 54.6 Å². The van der Waals surface area contributed by atoms with Crippen molar-refractivity contribution < 1.29 is 9.59 Å². The highest BCUT2D eigenvalue weighted by atomic mass is 16.2. The van der Waals surface area contributed by atoms with Gasteiger partial charge >= 0.3 is 0 Å². The number of carbonyl (C=O) groups excluding carboxylic acids is 2. The second kappa shape index (κ2) is 8.06. The molecular formula is C30H27N5O2. The van der Waals surface area contributed by atoms with Gasteiger partial charge in [0.1, 0.15) is 0 Å². The molecule has 2 saturated heterocycles. The van der Waals surface area contributed by atoms with Crippen LogP contribution in [0.25, 0.3) is 32.9 Å². The average molecular weight is 490 g/mol. The number of hydrogen-bond acceptors (Lipinski definition) is 3. The van der Waals surface area contributed by atoms with Gasteiger partial charge in [-0.25, -0.2) is 0 Å². The van der Waals surface area contributed by atoms with Crippen molar-refractivity contribution in [1.29, 1.82) is 0 Å². The van der Waals surface area contributed by atoms with Gasteiger partial charge in [-0.05, 0) is 40.8 Å². The molecule has 0 aliphatic carbocycles. The minimum absolute atomic E-state index is 0.0246. The number of amides is 2. The molecule has 0 saturated carbocycles. The molecule has 0 bridgehead atoms. The number of nitrogens with one attached hydrogen (secondary N) is 1. The maximum Gasteiger partial charge on any atom is 0.275 e. The van der Waals surface area contributed by atoms with Crippen molar-refractivity contribution in [2.75, 3.05) is 26.2 Å². The van der Waals surface area contributed by atoms with Gasteiger partial charge in [0.05, 0.1) is 11.9 Å². The van der Waals surface area contributed by atoms with Gasteiger partial charge in [0, 0.05) is 55.2 Å². The van der Waals surface area contributed by atoms with Crippen molar-refractivity contribution in [1.82, 2.24) is 24.6 Å². The molecule has 1 spiro atoms. The van der Waals surface area contributed by atoms with E-state index in [0.717, 1.165) is 38.6 Å². The lowest BCUT2D eigenvalue weighted by molar-refractivity contribution is -0.154. The number of nitrogens with zero attached hydrogens (tertiary/aromatic N) is 4. The molecule has 2 aliphatic rings. The summed E-state index contributed by atoms with van der Waals surface area (Å²) in [5.41, 5.74) is 5.72. The minimum Gasteiger partial charge on any atom is -0.347 e. The summed E-state index contributed by atoms with van der Waals surface area (Å²) in [6.45, 7) is 2.75. The third kappa shape index (κ3) is 3.53. The lowest BCUT2D eigenvalue weighted by atomic mass is 9.72. The van der Waals surface area contributed by atoms with Crippen LogP contribution in [0, 0.1) is 5.41 Å². The molecule has 7 heteroatoms. The van der Waals surface area contributed by atoms with E-state index in [1.807, 2.05) is 65.4 Å². The standard InChI is InChI=1S/C30H27N5O2/c1-33-23(13-22-9-5-6-10-26(22)33)15-27(36)34-16-30(17-34)18-35(19-30)29(37)28-24-12-11-21(14-25(24)31-32-28)20-7-3-2-4-8-20/h2-14H,15-19H2,1H3,(H,31,32). The zero-order valence-corrected chi connectivity index (χ0v) is 20.6. The number of likely N-dealkylation sites (tertiary alicyclic amines) is 2. The van der Waals surface area contributed by atoms with Crippen LogP contribution < -0.4 is 0 Å². The van der Waals surface area contributed by atoms with Crippen molar-refractivity contribution in [2.45, 2.75) is 6.42 Å². The second-order valence-electron chi connectivity index (χ2n) is 10.5. The number of aromatic amines is 1. The van der Waals surface area contributed by atoms with E-state index in [-0.39, 0.29) is 17.2 Å². The summed E-state index contributed by atoms with van der Waals surface area (Å²) in [5, 5.41) is 9.39. The van der Waals surface area contributed by atoms with Crippen LogP contribution in [-0.4, -0.2) is 62.6 Å². The van der Waals surface area contributed by atoms with Crippen LogP contribution in [0.2, 0.25) is 0 Å². The molecule has 0 atom stereocenters. The molecule has 2 aliphatic heterocycles. The Kier molecular flexibility index (Phi) is 4.76. The molecular weight excluding hydrogens is 462 g/mol. The van der Waals surface area contributed by atoms with Crippen LogP contribution >= 0.6 is 0 Å². The van der Waals surface area contributed by atoms with E-state index in [2.05, 4.69) is 45.1 Å². The summed E-state index contributed by atoms with van der Waals surface area (Å²) in [6.07, 6.45) is 0.397. The third-order valence-corrected chi connectivity index (χ3v) is 8.00. The van der Waals surface area contributed by atoms with E-state index in [1.165, 1.54) is 0 Å². The van der Waals surface area contributed by atoms with Crippen LogP contribution in [0.3, 0.4) is 0 Å². The first-order chi connectivity index (χ1) is 18.0. The van der Waals surface area contributed by atoms with Gasteiger partial charge < -0.3 is 14.4 Å². The van der Waals surface area contributed by atoms with Crippen LogP contribution in [0.5, 0.6) is 0 Å². The molecule has 0 unspecified atom stereocenters. The van der Waals surface area contributed by atoms with Gasteiger partial charge in [-0.2, -0.15) is 5.10 Å². The van der Waals surface area contributed by atoms with Gasteiger partial charge in [-0.3, -0.25) is 14.7 Å². The van der Waals surface area contributed by atoms with Gasteiger partial charge in [0.2, 0.25) is 5.91 Å². The number of aromatic nitrogens is 3. The van der Waals surface area contributed by atoms with E-state index in [1.54, 1.807) is 0 Å². The Labute approximate surface area is 214 Å². The monoisotopic (exact) mass is 489 g/mol.